The van der Waals surface area contributed by atoms with E-state index >= 15 is 0 Å². The molecule has 1 amide bonds. The zero-order chi connectivity index (χ0) is 18.4. The first kappa shape index (κ1) is 18.9. The molecule has 1 saturated heterocycles. The number of rotatable bonds is 7. The molecule has 7 heteroatoms. The van der Waals surface area contributed by atoms with Crippen molar-refractivity contribution in [3.05, 3.63) is 35.9 Å². The monoisotopic (exact) mass is 348 g/mol. The second-order valence-electron chi connectivity index (χ2n) is 6.12. The van der Waals surface area contributed by atoms with Crippen LogP contribution in [0.3, 0.4) is 0 Å². The summed E-state index contributed by atoms with van der Waals surface area (Å²) in [6.07, 6.45) is 0. The molecule has 0 radical (unpaired) electrons. The summed E-state index contributed by atoms with van der Waals surface area (Å²) in [5.74, 6) is -0.917. The molecule has 0 aromatic heterocycles. The summed E-state index contributed by atoms with van der Waals surface area (Å²) < 4.78 is 10.3. The van der Waals surface area contributed by atoms with E-state index < -0.39 is 0 Å². The summed E-state index contributed by atoms with van der Waals surface area (Å²) in [5, 5.41) is 2.88. The number of carbonyl (C=O) groups is 3. The summed E-state index contributed by atoms with van der Waals surface area (Å²) in [6.45, 7) is 5.09. The largest absolute Gasteiger partial charge is 0.464 e. The van der Waals surface area contributed by atoms with Gasteiger partial charge in [-0.2, -0.15) is 0 Å². The van der Waals surface area contributed by atoms with Crippen molar-refractivity contribution in [3.8, 4) is 0 Å². The molecule has 7 nitrogen and oxygen atoms in total. The molecule has 1 aromatic carbocycles. The molecule has 25 heavy (non-hydrogen) atoms. The van der Waals surface area contributed by atoms with Crippen molar-refractivity contribution < 1.29 is 23.9 Å². The first-order valence-electron chi connectivity index (χ1n) is 8.22. The third-order valence-corrected chi connectivity index (χ3v) is 4.17. The highest BCUT2D eigenvalue weighted by molar-refractivity contribution is 5.73. The molecule has 1 aliphatic rings. The number of nitrogens with one attached hydrogen (secondary N) is 1. The van der Waals surface area contributed by atoms with Gasteiger partial charge in [0.15, 0.2) is 0 Å². The summed E-state index contributed by atoms with van der Waals surface area (Å²) in [5.41, 5.74) is 1.09. The van der Waals surface area contributed by atoms with E-state index in [0.717, 1.165) is 5.56 Å². The molecule has 0 bridgehead atoms. The van der Waals surface area contributed by atoms with E-state index in [1.807, 2.05) is 30.3 Å². The van der Waals surface area contributed by atoms with Gasteiger partial charge >= 0.3 is 11.9 Å². The molecule has 1 aromatic rings. The van der Waals surface area contributed by atoms with E-state index in [2.05, 4.69) is 10.2 Å². The highest BCUT2D eigenvalue weighted by Crippen LogP contribution is 2.29. The summed E-state index contributed by atoms with van der Waals surface area (Å²) in [4.78, 5) is 36.0. The Labute approximate surface area is 147 Å². The number of hydrogen-bond acceptors (Lipinski definition) is 6. The van der Waals surface area contributed by atoms with E-state index in [1.54, 1.807) is 0 Å². The molecule has 3 atom stereocenters. The lowest BCUT2D eigenvalue weighted by Crippen LogP contribution is -2.75. The molecule has 136 valence electrons. The van der Waals surface area contributed by atoms with Gasteiger partial charge in [0.25, 0.3) is 0 Å². The Hall–Kier alpha value is -2.41. The molecule has 1 unspecified atom stereocenters. The van der Waals surface area contributed by atoms with Gasteiger partial charge in [-0.1, -0.05) is 30.3 Å². The van der Waals surface area contributed by atoms with Gasteiger partial charge in [0.2, 0.25) is 5.91 Å². The van der Waals surface area contributed by atoms with Crippen molar-refractivity contribution >= 4 is 17.8 Å². The maximum absolute atomic E-state index is 11.5. The maximum Gasteiger partial charge on any atom is 0.302 e. The Morgan fingerprint density at radius 3 is 1.92 bits per heavy atom. The van der Waals surface area contributed by atoms with Crippen LogP contribution < -0.4 is 5.32 Å². The van der Waals surface area contributed by atoms with E-state index in [1.165, 1.54) is 20.8 Å². The zero-order valence-corrected chi connectivity index (χ0v) is 14.7. The third kappa shape index (κ3) is 5.29. The maximum atomic E-state index is 11.5. The zero-order valence-electron chi connectivity index (χ0n) is 14.7. The van der Waals surface area contributed by atoms with Crippen molar-refractivity contribution in [1.29, 1.82) is 0 Å². The number of hydrogen-bond donors (Lipinski definition) is 1. The molecular formula is C18H24N2O5. The Bertz CT molecular complexity index is 593. The van der Waals surface area contributed by atoms with Gasteiger partial charge in [-0.25, -0.2) is 0 Å². The Balaban J connectivity index is 2.15. The van der Waals surface area contributed by atoms with Crippen LogP contribution >= 0.6 is 0 Å². The van der Waals surface area contributed by atoms with Gasteiger partial charge in [-0.3, -0.25) is 19.3 Å². The standard InChI is InChI=1S/C18H24N2O5/c1-12(21)19-18-16(10-24-13(2)22)20(17(18)11-25-14(3)23)9-15-7-5-4-6-8-15/h4-8,16-18H,9-11H2,1-3H3,(H,19,21)/t16-,17+,18?. The van der Waals surface area contributed by atoms with E-state index in [9.17, 15) is 14.4 Å². The predicted molar refractivity (Wildman–Crippen MR) is 90.4 cm³/mol. The molecule has 1 N–H and O–H groups in total. The van der Waals surface area contributed by atoms with Crippen LogP contribution in [0.25, 0.3) is 0 Å². The SMILES string of the molecule is CC(=O)NC1[C@@H](COC(C)=O)N(Cc2ccccc2)[C@H]1COC(C)=O. The average Bonchev–Trinajstić information content (AvgIpc) is 2.53. The van der Waals surface area contributed by atoms with Crippen molar-refractivity contribution in [2.45, 2.75) is 45.4 Å². The van der Waals surface area contributed by atoms with Gasteiger partial charge < -0.3 is 14.8 Å². The van der Waals surface area contributed by atoms with E-state index in [-0.39, 0.29) is 49.2 Å². The first-order valence-corrected chi connectivity index (χ1v) is 8.22. The van der Waals surface area contributed by atoms with E-state index in [0.29, 0.717) is 6.54 Å². The molecule has 1 aliphatic heterocycles. The Kier molecular flexibility index (Phi) is 6.52. The van der Waals surface area contributed by atoms with Crippen LogP contribution in [0.1, 0.15) is 26.3 Å². The normalized spacial score (nSPS) is 22.6. The molecule has 1 fully saturated rings. The van der Waals surface area contributed by atoms with Gasteiger partial charge in [0, 0.05) is 27.3 Å². The number of likely N-dealkylation sites (tertiary alicyclic amines) is 1. The lowest BCUT2D eigenvalue weighted by molar-refractivity contribution is -0.157. The molecule has 0 spiro atoms. The lowest BCUT2D eigenvalue weighted by atomic mass is 9.86. The first-order chi connectivity index (χ1) is 11.9. The summed E-state index contributed by atoms with van der Waals surface area (Å²) in [6, 6.07) is 9.23. The lowest BCUT2D eigenvalue weighted by Gasteiger charge is -2.54. The number of amides is 1. The predicted octanol–water partition coefficient (Wildman–Crippen LogP) is 0.870. The minimum Gasteiger partial charge on any atom is -0.464 e. The van der Waals surface area contributed by atoms with Crippen molar-refractivity contribution in [3.63, 3.8) is 0 Å². The smallest absolute Gasteiger partial charge is 0.302 e. The highest BCUT2D eigenvalue weighted by Gasteiger charge is 2.49. The third-order valence-electron chi connectivity index (χ3n) is 4.17. The number of nitrogens with zero attached hydrogens (tertiary/aromatic N) is 1. The van der Waals surface area contributed by atoms with Gasteiger partial charge in [0.1, 0.15) is 13.2 Å². The van der Waals surface area contributed by atoms with Crippen LogP contribution in [-0.2, 0) is 30.4 Å². The molecule has 1 heterocycles. The van der Waals surface area contributed by atoms with Crippen molar-refractivity contribution in [1.82, 2.24) is 10.2 Å². The van der Waals surface area contributed by atoms with E-state index in [4.69, 9.17) is 9.47 Å². The second-order valence-corrected chi connectivity index (χ2v) is 6.12. The van der Waals surface area contributed by atoms with Crippen LogP contribution in [0.4, 0.5) is 0 Å². The Morgan fingerprint density at radius 1 is 0.960 bits per heavy atom. The van der Waals surface area contributed by atoms with Crippen LogP contribution in [0.2, 0.25) is 0 Å². The highest BCUT2D eigenvalue weighted by atomic mass is 16.5. The quantitative estimate of drug-likeness (QED) is 0.736. The summed E-state index contributed by atoms with van der Waals surface area (Å²) >= 11 is 0. The Morgan fingerprint density at radius 2 is 1.48 bits per heavy atom. The van der Waals surface area contributed by atoms with Crippen LogP contribution in [0.15, 0.2) is 30.3 Å². The fraction of sp³-hybridized carbons (Fsp3) is 0.500. The minimum absolute atomic E-state index is 0.170. The number of esters is 2. The fourth-order valence-electron chi connectivity index (χ4n) is 3.07. The molecule has 0 saturated carbocycles. The van der Waals surface area contributed by atoms with Gasteiger partial charge in [0.05, 0.1) is 18.1 Å². The van der Waals surface area contributed by atoms with Crippen molar-refractivity contribution in [2.24, 2.45) is 0 Å². The van der Waals surface area contributed by atoms with Crippen LogP contribution in [0.5, 0.6) is 0 Å². The number of ether oxygens (including phenoxy) is 2. The summed E-state index contributed by atoms with van der Waals surface area (Å²) in [7, 11) is 0. The van der Waals surface area contributed by atoms with Crippen molar-refractivity contribution in [2.75, 3.05) is 13.2 Å². The topological polar surface area (TPSA) is 84.9 Å². The molecule has 0 aliphatic carbocycles. The average molecular weight is 348 g/mol. The van der Waals surface area contributed by atoms with Gasteiger partial charge in [-0.15, -0.1) is 0 Å². The molecule has 2 rings (SSSR count). The molecular weight excluding hydrogens is 324 g/mol. The van der Waals surface area contributed by atoms with Gasteiger partial charge in [-0.05, 0) is 5.56 Å². The second kappa shape index (κ2) is 8.62. The fourth-order valence-corrected chi connectivity index (χ4v) is 3.07. The number of carbonyl (C=O) groups excluding carboxylic acids is 3. The minimum atomic E-state index is -0.371. The van der Waals surface area contributed by atoms with Crippen LogP contribution in [0, 0.1) is 0 Å². The van der Waals surface area contributed by atoms with Crippen LogP contribution in [-0.4, -0.2) is 54.1 Å². The number of benzene rings is 1.